The highest BCUT2D eigenvalue weighted by Gasteiger charge is 2.21. The fraction of sp³-hybridized carbons (Fsp3) is 0.267. The van der Waals surface area contributed by atoms with Crippen LogP contribution in [0.2, 0.25) is 5.02 Å². The Morgan fingerprint density at radius 1 is 1.41 bits per heavy atom. The van der Waals surface area contributed by atoms with Crippen LogP contribution >= 0.6 is 11.6 Å². The zero-order chi connectivity index (χ0) is 15.5. The Hall–Kier alpha value is -2.21. The van der Waals surface area contributed by atoms with Gasteiger partial charge in [0.05, 0.1) is 11.2 Å². The number of nitrogens with one attached hydrogen (secondary N) is 2. The molecule has 0 bridgehead atoms. The largest absolute Gasteiger partial charge is 0.292 e. The van der Waals surface area contributed by atoms with Gasteiger partial charge in [0.25, 0.3) is 5.91 Å². The Kier molecular flexibility index (Phi) is 4.20. The van der Waals surface area contributed by atoms with Gasteiger partial charge in [0.15, 0.2) is 5.69 Å². The SMILES string of the molecule is O=C(N/N=C/c1c(F)cccc1Cl)c1n[nH]c2c1CCCC2. The maximum Gasteiger partial charge on any atom is 0.292 e. The number of aromatic amines is 1. The normalized spacial score (nSPS) is 14.1. The van der Waals surface area contributed by atoms with Gasteiger partial charge in [0.2, 0.25) is 0 Å². The second-order valence-electron chi connectivity index (χ2n) is 5.07. The number of rotatable bonds is 3. The molecular weight excluding hydrogens is 307 g/mol. The van der Waals surface area contributed by atoms with Gasteiger partial charge in [-0.05, 0) is 37.8 Å². The van der Waals surface area contributed by atoms with E-state index in [4.69, 9.17) is 11.6 Å². The number of fused-ring (bicyclic) bond motifs is 1. The van der Waals surface area contributed by atoms with Gasteiger partial charge in [0.1, 0.15) is 5.82 Å². The molecule has 114 valence electrons. The predicted octanol–water partition coefficient (Wildman–Crippen LogP) is 2.84. The first kappa shape index (κ1) is 14.7. The van der Waals surface area contributed by atoms with E-state index in [1.54, 1.807) is 6.07 Å². The molecule has 0 saturated heterocycles. The molecule has 1 amide bonds. The number of halogens is 2. The summed E-state index contributed by atoms with van der Waals surface area (Å²) in [5.41, 5.74) is 4.81. The van der Waals surface area contributed by atoms with Crippen molar-refractivity contribution in [2.24, 2.45) is 5.10 Å². The maximum absolute atomic E-state index is 13.6. The first-order chi connectivity index (χ1) is 10.7. The summed E-state index contributed by atoms with van der Waals surface area (Å²) in [7, 11) is 0. The highest BCUT2D eigenvalue weighted by atomic mass is 35.5. The highest BCUT2D eigenvalue weighted by Crippen LogP contribution is 2.22. The Labute approximate surface area is 131 Å². The lowest BCUT2D eigenvalue weighted by molar-refractivity contribution is 0.0949. The predicted molar refractivity (Wildman–Crippen MR) is 81.7 cm³/mol. The third-order valence-electron chi connectivity index (χ3n) is 3.63. The van der Waals surface area contributed by atoms with Crippen LogP contribution in [0.4, 0.5) is 4.39 Å². The van der Waals surface area contributed by atoms with Crippen LogP contribution in [0, 0.1) is 5.82 Å². The number of nitrogens with zero attached hydrogens (tertiary/aromatic N) is 2. The summed E-state index contributed by atoms with van der Waals surface area (Å²) in [5, 5.41) is 10.9. The van der Waals surface area contributed by atoms with Crippen LogP contribution < -0.4 is 5.43 Å². The second-order valence-corrected chi connectivity index (χ2v) is 5.48. The minimum atomic E-state index is -0.498. The van der Waals surface area contributed by atoms with Gasteiger partial charge in [0, 0.05) is 16.8 Å². The van der Waals surface area contributed by atoms with E-state index in [1.807, 2.05) is 0 Å². The monoisotopic (exact) mass is 320 g/mol. The van der Waals surface area contributed by atoms with E-state index < -0.39 is 11.7 Å². The molecular formula is C15H14ClFN4O. The van der Waals surface area contributed by atoms with Gasteiger partial charge >= 0.3 is 0 Å². The molecule has 0 spiro atoms. The van der Waals surface area contributed by atoms with Crippen LogP contribution in [0.15, 0.2) is 23.3 Å². The average Bonchev–Trinajstić information content (AvgIpc) is 2.94. The zero-order valence-corrected chi connectivity index (χ0v) is 12.5. The lowest BCUT2D eigenvalue weighted by Gasteiger charge is -2.10. The number of hydrogen-bond acceptors (Lipinski definition) is 3. The van der Waals surface area contributed by atoms with Crippen molar-refractivity contribution in [1.29, 1.82) is 0 Å². The van der Waals surface area contributed by atoms with E-state index in [-0.39, 0.29) is 10.6 Å². The van der Waals surface area contributed by atoms with E-state index in [2.05, 4.69) is 20.7 Å². The molecule has 0 radical (unpaired) electrons. The molecule has 22 heavy (non-hydrogen) atoms. The van der Waals surface area contributed by atoms with E-state index in [0.717, 1.165) is 36.9 Å². The number of aromatic nitrogens is 2. The van der Waals surface area contributed by atoms with Gasteiger partial charge < -0.3 is 0 Å². The summed E-state index contributed by atoms with van der Waals surface area (Å²) in [6, 6.07) is 4.33. The van der Waals surface area contributed by atoms with Crippen LogP contribution in [0.5, 0.6) is 0 Å². The molecule has 1 heterocycles. The summed E-state index contributed by atoms with van der Waals surface area (Å²) < 4.78 is 13.6. The second kappa shape index (κ2) is 6.27. The Balaban J connectivity index is 1.73. The quantitative estimate of drug-likeness (QED) is 0.674. The van der Waals surface area contributed by atoms with Crippen molar-refractivity contribution in [2.45, 2.75) is 25.7 Å². The van der Waals surface area contributed by atoms with Gasteiger partial charge in [-0.25, -0.2) is 9.82 Å². The van der Waals surface area contributed by atoms with Crippen LogP contribution in [0.3, 0.4) is 0 Å². The topological polar surface area (TPSA) is 70.1 Å². The summed E-state index contributed by atoms with van der Waals surface area (Å²) in [4.78, 5) is 12.1. The number of hydrogen-bond donors (Lipinski definition) is 2. The molecule has 0 fully saturated rings. The van der Waals surface area contributed by atoms with E-state index in [9.17, 15) is 9.18 Å². The van der Waals surface area contributed by atoms with Crippen molar-refractivity contribution < 1.29 is 9.18 Å². The smallest absolute Gasteiger partial charge is 0.281 e. The van der Waals surface area contributed by atoms with Gasteiger partial charge in [-0.3, -0.25) is 9.89 Å². The first-order valence-electron chi connectivity index (χ1n) is 7.00. The van der Waals surface area contributed by atoms with E-state index in [0.29, 0.717) is 5.69 Å². The summed E-state index contributed by atoms with van der Waals surface area (Å²) >= 11 is 5.88. The number of amides is 1. The molecule has 2 N–H and O–H groups in total. The Morgan fingerprint density at radius 2 is 2.23 bits per heavy atom. The Bertz CT molecular complexity index is 721. The highest BCUT2D eigenvalue weighted by molar-refractivity contribution is 6.33. The molecule has 7 heteroatoms. The fourth-order valence-electron chi connectivity index (χ4n) is 2.51. The van der Waals surface area contributed by atoms with Crippen molar-refractivity contribution in [3.63, 3.8) is 0 Å². The minimum Gasteiger partial charge on any atom is -0.281 e. The molecule has 5 nitrogen and oxygen atoms in total. The standard InChI is InChI=1S/C15H14ClFN4O/c16-11-5-3-6-12(17)10(11)8-18-21-15(22)14-9-4-1-2-7-13(9)19-20-14/h3,5-6,8H,1-2,4,7H2,(H,19,20)(H,21,22)/b18-8+. The minimum absolute atomic E-state index is 0.133. The third-order valence-corrected chi connectivity index (χ3v) is 3.96. The molecule has 1 aliphatic carbocycles. The van der Waals surface area contributed by atoms with Crippen LogP contribution in [0.1, 0.15) is 40.2 Å². The average molecular weight is 321 g/mol. The molecule has 2 aromatic rings. The van der Waals surface area contributed by atoms with E-state index >= 15 is 0 Å². The number of carbonyl (C=O) groups is 1. The van der Waals surface area contributed by atoms with Crippen LogP contribution in [0.25, 0.3) is 0 Å². The number of H-pyrrole nitrogens is 1. The van der Waals surface area contributed by atoms with Gasteiger partial charge in [-0.15, -0.1) is 0 Å². The van der Waals surface area contributed by atoms with Crippen molar-refractivity contribution in [3.8, 4) is 0 Å². The summed E-state index contributed by atoms with van der Waals surface area (Å²) in [5.74, 6) is -0.911. The molecule has 0 saturated carbocycles. The number of benzene rings is 1. The van der Waals surface area contributed by atoms with Crippen molar-refractivity contribution >= 4 is 23.7 Å². The number of aryl methyl sites for hydroxylation is 1. The first-order valence-corrected chi connectivity index (χ1v) is 7.38. The molecule has 1 aromatic carbocycles. The zero-order valence-electron chi connectivity index (χ0n) is 11.7. The molecule has 0 unspecified atom stereocenters. The van der Waals surface area contributed by atoms with Gasteiger partial charge in [-0.2, -0.15) is 10.2 Å². The lowest BCUT2D eigenvalue weighted by atomic mass is 9.96. The Morgan fingerprint density at radius 3 is 3.05 bits per heavy atom. The van der Waals surface area contributed by atoms with Crippen molar-refractivity contribution in [2.75, 3.05) is 0 Å². The molecule has 1 aliphatic rings. The number of carbonyl (C=O) groups excluding carboxylic acids is 1. The fourth-order valence-corrected chi connectivity index (χ4v) is 2.72. The molecule has 0 atom stereocenters. The maximum atomic E-state index is 13.6. The molecule has 1 aromatic heterocycles. The summed E-state index contributed by atoms with van der Waals surface area (Å²) in [6.07, 6.45) is 5.07. The summed E-state index contributed by atoms with van der Waals surface area (Å²) in [6.45, 7) is 0. The van der Waals surface area contributed by atoms with E-state index in [1.165, 1.54) is 18.3 Å². The van der Waals surface area contributed by atoms with Crippen molar-refractivity contribution in [1.82, 2.24) is 15.6 Å². The van der Waals surface area contributed by atoms with Crippen LogP contribution in [-0.4, -0.2) is 22.3 Å². The number of hydrazone groups is 1. The van der Waals surface area contributed by atoms with Gasteiger partial charge in [-0.1, -0.05) is 17.7 Å². The van der Waals surface area contributed by atoms with Crippen molar-refractivity contribution in [3.05, 3.63) is 51.6 Å². The lowest BCUT2D eigenvalue weighted by Crippen LogP contribution is -2.20. The molecule has 0 aliphatic heterocycles. The third kappa shape index (κ3) is 2.87. The molecule has 3 rings (SSSR count). The van der Waals surface area contributed by atoms with Crippen LogP contribution in [-0.2, 0) is 12.8 Å².